The molecule has 3 N–H and O–H groups in total. The van der Waals surface area contributed by atoms with E-state index in [1.54, 1.807) is 6.92 Å². The summed E-state index contributed by atoms with van der Waals surface area (Å²) in [6.07, 6.45) is -0.916. The van der Waals surface area contributed by atoms with Crippen LogP contribution >= 0.6 is 0 Å². The molecular weight excluding hydrogens is 168 g/mol. The zero-order chi connectivity index (χ0) is 9.68. The van der Waals surface area contributed by atoms with Gasteiger partial charge in [-0.05, 0) is 12.5 Å². The van der Waals surface area contributed by atoms with Gasteiger partial charge in [-0.15, -0.1) is 0 Å². The van der Waals surface area contributed by atoms with E-state index in [9.17, 15) is 4.79 Å². The Balaban J connectivity index is 2.59. The first-order chi connectivity index (χ1) is 6.24. The average molecular weight is 180 g/mol. The lowest BCUT2D eigenvalue weighted by Gasteiger charge is -2.12. The Hall–Kier alpha value is -1.55. The van der Waals surface area contributed by atoms with Crippen LogP contribution in [0.15, 0.2) is 30.3 Å². The molecule has 1 rings (SSSR count). The number of hydrogen-bond donors (Lipinski definition) is 2. The molecule has 0 bridgehead atoms. The molecule has 13 heavy (non-hydrogen) atoms. The van der Waals surface area contributed by atoms with Crippen molar-refractivity contribution in [2.75, 3.05) is 0 Å². The van der Waals surface area contributed by atoms with Crippen LogP contribution in [0.3, 0.4) is 0 Å². The minimum Gasteiger partial charge on any atom is -0.441 e. The maximum atomic E-state index is 10.7. The zero-order valence-corrected chi connectivity index (χ0v) is 7.36. The minimum absolute atomic E-state index is 0.287. The number of hydrazine groups is 1. The second kappa shape index (κ2) is 4.47. The minimum atomic E-state index is -0.628. The molecular formula is C9H12N2O2. The second-order valence-electron chi connectivity index (χ2n) is 2.60. The van der Waals surface area contributed by atoms with Crippen molar-refractivity contribution in [2.24, 2.45) is 5.84 Å². The van der Waals surface area contributed by atoms with Crippen LogP contribution in [0.4, 0.5) is 4.79 Å². The van der Waals surface area contributed by atoms with Crippen molar-refractivity contribution in [3.63, 3.8) is 0 Å². The van der Waals surface area contributed by atoms with Gasteiger partial charge in [-0.1, -0.05) is 30.3 Å². The monoisotopic (exact) mass is 180 g/mol. The first-order valence-corrected chi connectivity index (χ1v) is 3.96. The lowest BCUT2D eigenvalue weighted by atomic mass is 10.1. The Labute approximate surface area is 76.7 Å². The molecule has 0 saturated carbocycles. The largest absolute Gasteiger partial charge is 0.441 e. The van der Waals surface area contributed by atoms with Crippen molar-refractivity contribution in [3.8, 4) is 0 Å². The van der Waals surface area contributed by atoms with Gasteiger partial charge in [0.05, 0.1) is 0 Å². The summed E-state index contributed by atoms with van der Waals surface area (Å²) in [4.78, 5) is 10.7. The molecule has 1 amide bonds. The summed E-state index contributed by atoms with van der Waals surface area (Å²) in [7, 11) is 0. The predicted octanol–water partition coefficient (Wildman–Crippen LogP) is 1.35. The number of hydrogen-bond acceptors (Lipinski definition) is 3. The van der Waals surface area contributed by atoms with Gasteiger partial charge < -0.3 is 4.74 Å². The Bertz CT molecular complexity index is 274. The number of nitrogens with one attached hydrogen (secondary N) is 1. The maximum absolute atomic E-state index is 10.7. The van der Waals surface area contributed by atoms with Gasteiger partial charge in [0.25, 0.3) is 0 Å². The van der Waals surface area contributed by atoms with Gasteiger partial charge in [-0.3, -0.25) is 5.43 Å². The lowest BCUT2D eigenvalue weighted by molar-refractivity contribution is 0.107. The Morgan fingerprint density at radius 2 is 2.08 bits per heavy atom. The molecule has 1 aromatic carbocycles. The van der Waals surface area contributed by atoms with Gasteiger partial charge >= 0.3 is 6.09 Å². The van der Waals surface area contributed by atoms with E-state index in [1.807, 2.05) is 35.8 Å². The number of carbonyl (C=O) groups is 1. The number of rotatable bonds is 2. The molecule has 70 valence electrons. The molecule has 4 heteroatoms. The molecule has 4 nitrogen and oxygen atoms in total. The van der Waals surface area contributed by atoms with E-state index in [0.29, 0.717) is 0 Å². The smallest absolute Gasteiger partial charge is 0.422 e. The van der Waals surface area contributed by atoms with Crippen LogP contribution in [-0.4, -0.2) is 6.09 Å². The van der Waals surface area contributed by atoms with Crippen molar-refractivity contribution >= 4 is 6.09 Å². The van der Waals surface area contributed by atoms with E-state index in [0.717, 1.165) is 5.56 Å². The number of benzene rings is 1. The van der Waals surface area contributed by atoms with Crippen molar-refractivity contribution in [2.45, 2.75) is 13.0 Å². The van der Waals surface area contributed by atoms with Crippen LogP contribution in [0.2, 0.25) is 0 Å². The quantitative estimate of drug-likeness (QED) is 0.410. The van der Waals surface area contributed by atoms with Crippen LogP contribution < -0.4 is 11.3 Å². The van der Waals surface area contributed by atoms with Crippen LogP contribution in [0.25, 0.3) is 0 Å². The summed E-state index contributed by atoms with van der Waals surface area (Å²) in [5.74, 6) is 4.87. The Morgan fingerprint density at radius 1 is 1.46 bits per heavy atom. The highest BCUT2D eigenvalue weighted by Gasteiger charge is 2.08. The molecule has 0 aliphatic carbocycles. The molecule has 0 spiro atoms. The van der Waals surface area contributed by atoms with Gasteiger partial charge in [-0.25, -0.2) is 10.6 Å². The van der Waals surface area contributed by atoms with E-state index in [-0.39, 0.29) is 6.10 Å². The molecule has 0 aliphatic heterocycles. The average Bonchev–Trinajstić information content (AvgIpc) is 2.19. The lowest BCUT2D eigenvalue weighted by Crippen LogP contribution is -2.31. The summed E-state index contributed by atoms with van der Waals surface area (Å²) >= 11 is 0. The number of ether oxygens (including phenoxy) is 1. The van der Waals surface area contributed by atoms with Crippen LogP contribution in [0.5, 0.6) is 0 Å². The van der Waals surface area contributed by atoms with E-state index >= 15 is 0 Å². The third kappa shape index (κ3) is 2.76. The van der Waals surface area contributed by atoms with Crippen molar-refractivity contribution in [1.82, 2.24) is 5.43 Å². The van der Waals surface area contributed by atoms with Crippen LogP contribution in [0, 0.1) is 0 Å². The standard InChI is InChI=1S/C9H12N2O2/c1-7(13-9(12)11-10)8-5-3-2-4-6-8/h2-7H,10H2,1H3,(H,11,12). The second-order valence-corrected chi connectivity index (χ2v) is 2.60. The van der Waals surface area contributed by atoms with Crippen molar-refractivity contribution in [3.05, 3.63) is 35.9 Å². The Morgan fingerprint density at radius 3 is 2.62 bits per heavy atom. The van der Waals surface area contributed by atoms with Gasteiger partial charge in [0.2, 0.25) is 0 Å². The molecule has 1 unspecified atom stereocenters. The van der Waals surface area contributed by atoms with Crippen LogP contribution in [0.1, 0.15) is 18.6 Å². The maximum Gasteiger partial charge on any atom is 0.422 e. The van der Waals surface area contributed by atoms with E-state index in [1.165, 1.54) is 0 Å². The number of amides is 1. The fourth-order valence-corrected chi connectivity index (χ4v) is 0.987. The molecule has 1 aromatic rings. The highest BCUT2D eigenvalue weighted by Crippen LogP contribution is 2.15. The van der Waals surface area contributed by atoms with Gasteiger partial charge in [-0.2, -0.15) is 0 Å². The van der Waals surface area contributed by atoms with Crippen molar-refractivity contribution in [1.29, 1.82) is 0 Å². The SMILES string of the molecule is CC(OC(=O)NN)c1ccccc1. The summed E-state index contributed by atoms with van der Waals surface area (Å²) in [5, 5.41) is 0. The number of carbonyl (C=O) groups excluding carboxylic acids is 1. The molecule has 0 fully saturated rings. The third-order valence-corrected chi connectivity index (χ3v) is 1.67. The zero-order valence-electron chi connectivity index (χ0n) is 7.36. The molecule has 0 saturated heterocycles. The summed E-state index contributed by atoms with van der Waals surface area (Å²) in [6.45, 7) is 1.78. The van der Waals surface area contributed by atoms with E-state index < -0.39 is 6.09 Å². The normalized spacial score (nSPS) is 11.8. The third-order valence-electron chi connectivity index (χ3n) is 1.67. The van der Waals surface area contributed by atoms with E-state index in [4.69, 9.17) is 10.6 Å². The topological polar surface area (TPSA) is 64.3 Å². The Kier molecular flexibility index (Phi) is 3.28. The first kappa shape index (κ1) is 9.54. The first-order valence-electron chi connectivity index (χ1n) is 3.96. The predicted molar refractivity (Wildman–Crippen MR) is 48.7 cm³/mol. The fraction of sp³-hybridized carbons (Fsp3) is 0.222. The molecule has 0 heterocycles. The highest BCUT2D eigenvalue weighted by atomic mass is 16.6. The highest BCUT2D eigenvalue weighted by molar-refractivity contribution is 5.66. The van der Waals surface area contributed by atoms with Gasteiger partial charge in [0, 0.05) is 0 Å². The van der Waals surface area contributed by atoms with Crippen molar-refractivity contribution < 1.29 is 9.53 Å². The van der Waals surface area contributed by atoms with E-state index in [2.05, 4.69) is 0 Å². The van der Waals surface area contributed by atoms with Crippen LogP contribution in [-0.2, 0) is 4.74 Å². The molecule has 0 aliphatic rings. The summed E-state index contributed by atoms with van der Waals surface area (Å²) < 4.78 is 4.91. The fourth-order valence-electron chi connectivity index (χ4n) is 0.987. The summed E-state index contributed by atoms with van der Waals surface area (Å²) in [6, 6.07) is 9.44. The molecule has 0 radical (unpaired) electrons. The molecule has 1 atom stereocenters. The number of nitrogens with two attached hydrogens (primary N) is 1. The molecule has 0 aromatic heterocycles. The van der Waals surface area contributed by atoms with Gasteiger partial charge in [0.1, 0.15) is 6.10 Å². The summed E-state index contributed by atoms with van der Waals surface area (Å²) in [5.41, 5.74) is 2.84. The van der Waals surface area contributed by atoms with Gasteiger partial charge in [0.15, 0.2) is 0 Å².